The molecule has 1 unspecified atom stereocenters. The summed E-state index contributed by atoms with van der Waals surface area (Å²) in [7, 11) is 0. The predicted molar refractivity (Wildman–Crippen MR) is 88.0 cm³/mol. The second-order valence-corrected chi connectivity index (χ2v) is 6.58. The Kier molecular flexibility index (Phi) is 6.09. The average Bonchev–Trinajstić information content (AvgIpc) is 2.75. The van der Waals surface area contributed by atoms with E-state index in [4.69, 9.17) is 0 Å². The maximum Gasteiger partial charge on any atom is 0.0320 e. The van der Waals surface area contributed by atoms with Gasteiger partial charge in [0, 0.05) is 12.1 Å². The first-order valence-corrected chi connectivity index (χ1v) is 8.53. The summed E-state index contributed by atoms with van der Waals surface area (Å²) in [6.07, 6.45) is 9.74. The molecule has 1 nitrogen and oxygen atoms in total. The second kappa shape index (κ2) is 7.83. The maximum absolute atomic E-state index is 3.90. The summed E-state index contributed by atoms with van der Waals surface area (Å²) in [4.78, 5) is 0. The minimum atomic E-state index is 0.508. The molecule has 0 aromatic heterocycles. The Morgan fingerprint density at radius 3 is 2.20 bits per heavy atom. The molecule has 1 aliphatic rings. The van der Waals surface area contributed by atoms with Crippen molar-refractivity contribution in [3.8, 4) is 0 Å². The summed E-state index contributed by atoms with van der Waals surface area (Å²) >= 11 is 0. The van der Waals surface area contributed by atoms with E-state index in [0.717, 1.165) is 5.92 Å². The zero-order valence-electron chi connectivity index (χ0n) is 13.5. The summed E-state index contributed by atoms with van der Waals surface area (Å²) in [5.74, 6) is 0.872. The SMILES string of the molecule is CCC(N[C@H](C)C1CCCCCC1)c1ccc(C)cc1. The van der Waals surface area contributed by atoms with E-state index in [-0.39, 0.29) is 0 Å². The van der Waals surface area contributed by atoms with Crippen LogP contribution in [-0.4, -0.2) is 6.04 Å². The van der Waals surface area contributed by atoms with Gasteiger partial charge in [-0.05, 0) is 44.6 Å². The largest absolute Gasteiger partial charge is 0.307 e. The van der Waals surface area contributed by atoms with Crippen LogP contribution in [0.4, 0.5) is 0 Å². The summed E-state index contributed by atoms with van der Waals surface area (Å²) in [6.45, 7) is 6.84. The number of hydrogen-bond donors (Lipinski definition) is 1. The van der Waals surface area contributed by atoms with E-state index in [1.165, 1.54) is 56.1 Å². The Balaban J connectivity index is 1.96. The van der Waals surface area contributed by atoms with Crippen LogP contribution in [0.25, 0.3) is 0 Å². The van der Waals surface area contributed by atoms with Crippen LogP contribution in [0, 0.1) is 12.8 Å². The summed E-state index contributed by atoms with van der Waals surface area (Å²) in [6, 6.07) is 10.2. The smallest absolute Gasteiger partial charge is 0.0320 e. The second-order valence-electron chi connectivity index (χ2n) is 6.58. The van der Waals surface area contributed by atoms with Crippen LogP contribution in [0.5, 0.6) is 0 Å². The molecule has 0 heterocycles. The van der Waals surface area contributed by atoms with E-state index < -0.39 is 0 Å². The molecule has 112 valence electrons. The molecule has 1 aromatic carbocycles. The van der Waals surface area contributed by atoms with Crippen molar-refractivity contribution in [2.75, 3.05) is 0 Å². The topological polar surface area (TPSA) is 12.0 Å². The van der Waals surface area contributed by atoms with E-state index in [2.05, 4.69) is 50.4 Å². The Hall–Kier alpha value is -0.820. The molecule has 1 aliphatic carbocycles. The van der Waals surface area contributed by atoms with Crippen molar-refractivity contribution in [2.45, 2.75) is 77.8 Å². The molecular formula is C19H31N. The first-order valence-electron chi connectivity index (χ1n) is 8.53. The van der Waals surface area contributed by atoms with E-state index in [1.54, 1.807) is 0 Å². The minimum Gasteiger partial charge on any atom is -0.307 e. The van der Waals surface area contributed by atoms with Gasteiger partial charge >= 0.3 is 0 Å². The van der Waals surface area contributed by atoms with Gasteiger partial charge < -0.3 is 5.32 Å². The molecule has 1 N–H and O–H groups in total. The number of benzene rings is 1. The van der Waals surface area contributed by atoms with Gasteiger partial charge in [-0.15, -0.1) is 0 Å². The third-order valence-electron chi connectivity index (χ3n) is 4.96. The first kappa shape index (κ1) is 15.6. The van der Waals surface area contributed by atoms with Crippen LogP contribution in [-0.2, 0) is 0 Å². The van der Waals surface area contributed by atoms with Gasteiger partial charge in [0.1, 0.15) is 0 Å². The van der Waals surface area contributed by atoms with Gasteiger partial charge in [-0.25, -0.2) is 0 Å². The molecule has 1 saturated carbocycles. The lowest BCUT2D eigenvalue weighted by molar-refractivity contribution is 0.306. The van der Waals surface area contributed by atoms with Gasteiger partial charge in [0.25, 0.3) is 0 Å². The fourth-order valence-electron chi connectivity index (χ4n) is 3.51. The van der Waals surface area contributed by atoms with E-state index >= 15 is 0 Å². The number of hydrogen-bond acceptors (Lipinski definition) is 1. The van der Waals surface area contributed by atoms with Crippen molar-refractivity contribution >= 4 is 0 Å². The highest BCUT2D eigenvalue weighted by atomic mass is 14.9. The van der Waals surface area contributed by atoms with Crippen molar-refractivity contribution in [2.24, 2.45) is 5.92 Å². The third-order valence-corrected chi connectivity index (χ3v) is 4.96. The molecule has 2 rings (SSSR count). The Morgan fingerprint density at radius 2 is 1.65 bits per heavy atom. The monoisotopic (exact) mass is 273 g/mol. The van der Waals surface area contributed by atoms with Crippen molar-refractivity contribution in [1.29, 1.82) is 0 Å². The van der Waals surface area contributed by atoms with Crippen LogP contribution in [0.15, 0.2) is 24.3 Å². The van der Waals surface area contributed by atoms with Gasteiger partial charge in [-0.3, -0.25) is 0 Å². The fourth-order valence-corrected chi connectivity index (χ4v) is 3.51. The lowest BCUT2D eigenvalue weighted by atomic mass is 9.91. The minimum absolute atomic E-state index is 0.508. The summed E-state index contributed by atoms with van der Waals surface area (Å²) < 4.78 is 0. The zero-order valence-corrected chi connectivity index (χ0v) is 13.5. The number of aryl methyl sites for hydroxylation is 1. The maximum atomic E-state index is 3.90. The van der Waals surface area contributed by atoms with Crippen molar-refractivity contribution in [3.05, 3.63) is 35.4 Å². The lowest BCUT2D eigenvalue weighted by Crippen LogP contribution is -2.36. The van der Waals surface area contributed by atoms with Gasteiger partial charge in [-0.1, -0.05) is 62.4 Å². The van der Waals surface area contributed by atoms with Crippen LogP contribution in [0.3, 0.4) is 0 Å². The molecular weight excluding hydrogens is 242 g/mol. The van der Waals surface area contributed by atoms with Crippen LogP contribution < -0.4 is 5.32 Å². The molecule has 2 atom stereocenters. The molecule has 20 heavy (non-hydrogen) atoms. The number of nitrogens with one attached hydrogen (secondary N) is 1. The lowest BCUT2D eigenvalue weighted by Gasteiger charge is -2.29. The van der Waals surface area contributed by atoms with Crippen LogP contribution >= 0.6 is 0 Å². The molecule has 1 heteroatoms. The Labute approximate surface area is 125 Å². The molecule has 0 amide bonds. The van der Waals surface area contributed by atoms with Gasteiger partial charge in [-0.2, -0.15) is 0 Å². The average molecular weight is 273 g/mol. The normalized spacial score (nSPS) is 20.4. The molecule has 1 fully saturated rings. The quantitative estimate of drug-likeness (QED) is 0.709. The molecule has 0 bridgehead atoms. The Morgan fingerprint density at radius 1 is 1.05 bits per heavy atom. The summed E-state index contributed by atoms with van der Waals surface area (Å²) in [5.41, 5.74) is 2.79. The molecule has 0 aliphatic heterocycles. The highest BCUT2D eigenvalue weighted by Gasteiger charge is 2.21. The van der Waals surface area contributed by atoms with Gasteiger partial charge in [0.05, 0.1) is 0 Å². The summed E-state index contributed by atoms with van der Waals surface area (Å²) in [5, 5.41) is 3.90. The van der Waals surface area contributed by atoms with Crippen molar-refractivity contribution < 1.29 is 0 Å². The standard InChI is InChI=1S/C19H31N/c1-4-19(18-13-11-15(2)12-14-18)20-16(3)17-9-7-5-6-8-10-17/h11-14,16-17,19-20H,4-10H2,1-3H3/t16-,19?/m1/s1. The number of rotatable bonds is 5. The van der Waals surface area contributed by atoms with Gasteiger partial charge in [0.15, 0.2) is 0 Å². The Bertz CT molecular complexity index is 373. The fraction of sp³-hybridized carbons (Fsp3) is 0.684. The van der Waals surface area contributed by atoms with Crippen molar-refractivity contribution in [1.82, 2.24) is 5.32 Å². The zero-order chi connectivity index (χ0) is 14.4. The van der Waals surface area contributed by atoms with Crippen LogP contribution in [0.2, 0.25) is 0 Å². The highest BCUT2D eigenvalue weighted by Crippen LogP contribution is 2.27. The van der Waals surface area contributed by atoms with E-state index in [0.29, 0.717) is 12.1 Å². The van der Waals surface area contributed by atoms with E-state index in [1.807, 2.05) is 0 Å². The van der Waals surface area contributed by atoms with Crippen LogP contribution in [0.1, 0.15) is 76.0 Å². The van der Waals surface area contributed by atoms with Gasteiger partial charge in [0.2, 0.25) is 0 Å². The van der Waals surface area contributed by atoms with E-state index in [9.17, 15) is 0 Å². The molecule has 1 aromatic rings. The molecule has 0 spiro atoms. The first-order chi connectivity index (χ1) is 9.70. The molecule has 0 saturated heterocycles. The highest BCUT2D eigenvalue weighted by molar-refractivity contribution is 5.24. The van der Waals surface area contributed by atoms with Crippen molar-refractivity contribution in [3.63, 3.8) is 0 Å². The third kappa shape index (κ3) is 4.34. The molecule has 0 radical (unpaired) electrons. The predicted octanol–water partition coefficient (Wildman–Crippen LogP) is 5.39.